The Morgan fingerprint density at radius 1 is 0.593 bits per heavy atom. The molecule has 0 atom stereocenters. The average molecular weight is 727 g/mol. The number of hydrogen-bond donors (Lipinski definition) is 0. The van der Waals surface area contributed by atoms with Crippen LogP contribution in [-0.4, -0.2) is 0 Å². The lowest BCUT2D eigenvalue weighted by Gasteiger charge is -2.14. The molecule has 2 heterocycles. The minimum atomic E-state index is 0.958. The summed E-state index contributed by atoms with van der Waals surface area (Å²) < 4.78 is 3.91. The van der Waals surface area contributed by atoms with E-state index in [0.29, 0.717) is 0 Å². The molecule has 0 N–H and O–H groups in total. The van der Waals surface area contributed by atoms with Gasteiger partial charge in [0, 0.05) is 35.3 Å². The Kier molecular flexibility index (Phi) is 9.00. The first-order valence-electron chi connectivity index (χ1n) is 18.4. The first-order valence-corrected chi connectivity index (χ1v) is 20.0. The van der Waals surface area contributed by atoms with Gasteiger partial charge in [-0.3, -0.25) is 0 Å². The average Bonchev–Trinajstić information content (AvgIpc) is 3.81. The van der Waals surface area contributed by atoms with E-state index in [9.17, 15) is 0 Å². The van der Waals surface area contributed by atoms with Crippen molar-refractivity contribution in [2.45, 2.75) is 12.8 Å². The van der Waals surface area contributed by atoms with Crippen LogP contribution in [-0.2, 0) is 0 Å². The molecule has 0 saturated heterocycles. The van der Waals surface area contributed by atoms with Crippen molar-refractivity contribution in [1.29, 1.82) is 0 Å². The summed E-state index contributed by atoms with van der Waals surface area (Å²) >= 11 is 3.72. The number of allylic oxidation sites excluding steroid dienone is 5. The highest BCUT2D eigenvalue weighted by Gasteiger charge is 2.17. The van der Waals surface area contributed by atoms with Gasteiger partial charge in [0.1, 0.15) is 0 Å². The lowest BCUT2D eigenvalue weighted by atomic mass is 9.91. The second-order valence-electron chi connectivity index (χ2n) is 13.8. The number of thiophene rings is 2. The Labute approximate surface area is 324 Å². The molecule has 0 saturated carbocycles. The fourth-order valence-corrected chi connectivity index (χ4v) is 9.77. The van der Waals surface area contributed by atoms with Crippen molar-refractivity contribution in [3.05, 3.63) is 220 Å². The molecule has 1 aliphatic carbocycles. The molecular weight excluding hydrogens is 689 g/mol. The Morgan fingerprint density at radius 2 is 1.30 bits per heavy atom. The molecule has 6 aromatic carbocycles. The molecule has 258 valence electrons. The van der Waals surface area contributed by atoms with Gasteiger partial charge in [0.05, 0.1) is 0 Å². The maximum absolute atomic E-state index is 4.76. The van der Waals surface area contributed by atoms with E-state index in [-0.39, 0.29) is 0 Å². The summed E-state index contributed by atoms with van der Waals surface area (Å²) in [5.74, 6) is 0. The van der Waals surface area contributed by atoms with E-state index in [1.54, 1.807) is 0 Å². The number of fused-ring (bicyclic) bond motifs is 5. The second kappa shape index (κ2) is 14.4. The molecule has 8 aromatic rings. The molecule has 0 spiro atoms. The first kappa shape index (κ1) is 33.8. The molecule has 0 aliphatic heterocycles. The molecule has 2 heteroatoms. The van der Waals surface area contributed by atoms with E-state index in [0.717, 1.165) is 50.8 Å². The van der Waals surface area contributed by atoms with Crippen molar-refractivity contribution in [2.24, 2.45) is 0 Å². The fraction of sp³-hybridized carbons (Fsp3) is 0.0385. The van der Waals surface area contributed by atoms with Crippen molar-refractivity contribution in [3.8, 4) is 10.4 Å². The van der Waals surface area contributed by atoms with Gasteiger partial charge in [-0.1, -0.05) is 153 Å². The van der Waals surface area contributed by atoms with Crippen LogP contribution in [0.3, 0.4) is 0 Å². The second-order valence-corrected chi connectivity index (χ2v) is 16.0. The number of hydrogen-bond acceptors (Lipinski definition) is 2. The Bertz CT molecular complexity index is 3050. The summed E-state index contributed by atoms with van der Waals surface area (Å²) in [5.41, 5.74) is 8.99. The normalized spacial score (nSPS) is 16.7. The van der Waals surface area contributed by atoms with Crippen LogP contribution in [0, 0.1) is 0 Å². The predicted octanol–water partition coefficient (Wildman–Crippen LogP) is 11.7. The maximum Gasteiger partial charge on any atom is 0.0362 e. The largest absolute Gasteiger partial charge is 0.135 e. The van der Waals surface area contributed by atoms with E-state index in [1.165, 1.54) is 62.6 Å². The van der Waals surface area contributed by atoms with Crippen LogP contribution < -0.4 is 20.9 Å². The van der Waals surface area contributed by atoms with E-state index in [1.807, 2.05) is 34.8 Å². The van der Waals surface area contributed by atoms with Crippen molar-refractivity contribution < 1.29 is 0 Å². The molecule has 1 aliphatic rings. The lowest BCUT2D eigenvalue weighted by molar-refractivity contribution is 1.05. The van der Waals surface area contributed by atoms with Crippen molar-refractivity contribution in [2.75, 3.05) is 0 Å². The molecule has 54 heavy (non-hydrogen) atoms. The summed E-state index contributed by atoms with van der Waals surface area (Å²) in [6, 6.07) is 50.4. The van der Waals surface area contributed by atoms with E-state index in [2.05, 4.69) is 171 Å². The Balaban J connectivity index is 1.18. The maximum atomic E-state index is 4.76. The van der Waals surface area contributed by atoms with Crippen molar-refractivity contribution in [1.82, 2.24) is 0 Å². The standard InChI is InChI=1S/C52H38S2/c1-34-16-8-9-17-39(34)30-35(2)41-19-6-4-5-7-20-42(44-22-12-11-21-43(41)44)38-28-26-37(27-29-38)36(3)46-32-47-45-23-13-15-25-50(45)54-52(47)33-48(46)51-31-40-18-10-14-24-49(40)53-51/h6-33H,1-5H2/b19-6+,20-7+,39-30-,43-41+,44-42+. The van der Waals surface area contributed by atoms with Gasteiger partial charge < -0.3 is 0 Å². The van der Waals surface area contributed by atoms with Crippen LogP contribution in [0.25, 0.3) is 70.1 Å². The first-order chi connectivity index (χ1) is 26.5. The molecule has 0 amide bonds. The number of rotatable bonds is 6. The number of benzene rings is 6. The molecule has 0 unspecified atom stereocenters. The van der Waals surface area contributed by atoms with Crippen LogP contribution in [0.2, 0.25) is 0 Å². The smallest absolute Gasteiger partial charge is 0.0362 e. The topological polar surface area (TPSA) is 0 Å². The van der Waals surface area contributed by atoms with E-state index in [4.69, 9.17) is 6.58 Å². The van der Waals surface area contributed by atoms with Gasteiger partial charge in [0.2, 0.25) is 0 Å². The molecular formula is C52H38S2. The molecule has 9 rings (SSSR count). The molecule has 0 radical (unpaired) electrons. The Morgan fingerprint density at radius 3 is 2.11 bits per heavy atom. The predicted molar refractivity (Wildman–Crippen MR) is 239 cm³/mol. The summed E-state index contributed by atoms with van der Waals surface area (Å²) in [7, 11) is 0. The summed E-state index contributed by atoms with van der Waals surface area (Å²) in [6.07, 6.45) is 13.2. The Hall–Kier alpha value is -6.06. The molecule has 0 fully saturated rings. The summed E-state index contributed by atoms with van der Waals surface area (Å²) in [5, 5.41) is 8.27. The molecule has 0 nitrogen and oxygen atoms in total. The van der Waals surface area contributed by atoms with Gasteiger partial charge in [0.25, 0.3) is 0 Å². The zero-order valence-corrected chi connectivity index (χ0v) is 31.7. The van der Waals surface area contributed by atoms with Crippen LogP contribution >= 0.6 is 22.7 Å². The third kappa shape index (κ3) is 6.34. The summed E-state index contributed by atoms with van der Waals surface area (Å²) in [4.78, 5) is 1.26. The zero-order chi connectivity index (χ0) is 36.6. The molecule has 2 aromatic heterocycles. The molecule has 0 bridgehead atoms. The van der Waals surface area contributed by atoms with Crippen molar-refractivity contribution in [3.63, 3.8) is 0 Å². The van der Waals surface area contributed by atoms with Gasteiger partial charge in [-0.25, -0.2) is 0 Å². The van der Waals surface area contributed by atoms with Crippen LogP contribution in [0.15, 0.2) is 183 Å². The van der Waals surface area contributed by atoms with Gasteiger partial charge in [0.15, 0.2) is 0 Å². The van der Waals surface area contributed by atoms with Crippen molar-refractivity contribution >= 4 is 82.3 Å². The minimum Gasteiger partial charge on any atom is -0.135 e. The third-order valence-electron chi connectivity index (χ3n) is 10.4. The summed E-state index contributed by atoms with van der Waals surface area (Å²) in [6.45, 7) is 13.6. The van der Waals surface area contributed by atoms with Crippen LogP contribution in [0.1, 0.15) is 29.5 Å². The lowest BCUT2D eigenvalue weighted by Crippen LogP contribution is -2.29. The van der Waals surface area contributed by atoms with E-state index < -0.39 is 0 Å². The SMILES string of the molecule is C=C(/C=c1/ccccc1=C)C1=c2\cccc\c2=C(c2ccc(C(=C)c3cc4c(cc3-c3cc5ccccc5s3)sc3ccccc34)cc2)\C=C\CC\C=C\1. The van der Waals surface area contributed by atoms with E-state index >= 15 is 0 Å². The quantitative estimate of drug-likeness (QED) is 0.160. The highest BCUT2D eigenvalue weighted by Crippen LogP contribution is 2.44. The van der Waals surface area contributed by atoms with Gasteiger partial charge in [-0.2, -0.15) is 0 Å². The van der Waals surface area contributed by atoms with Crippen LogP contribution in [0.5, 0.6) is 0 Å². The monoisotopic (exact) mass is 726 g/mol. The highest BCUT2D eigenvalue weighted by molar-refractivity contribution is 7.26. The highest BCUT2D eigenvalue weighted by atomic mass is 32.1. The fourth-order valence-electron chi connectivity index (χ4n) is 7.55. The zero-order valence-electron chi connectivity index (χ0n) is 30.0. The minimum absolute atomic E-state index is 0.958. The van der Waals surface area contributed by atoms with Gasteiger partial charge in [-0.15, -0.1) is 22.7 Å². The third-order valence-corrected chi connectivity index (χ3v) is 12.7. The van der Waals surface area contributed by atoms with Gasteiger partial charge >= 0.3 is 0 Å². The van der Waals surface area contributed by atoms with Gasteiger partial charge in [-0.05, 0) is 114 Å². The van der Waals surface area contributed by atoms with Crippen LogP contribution in [0.4, 0.5) is 0 Å².